The number of nitrogens with zero attached hydrogens (tertiary/aromatic N) is 1. The first-order valence-corrected chi connectivity index (χ1v) is 5.54. The van der Waals surface area contributed by atoms with E-state index < -0.39 is 0 Å². The molecule has 0 unspecified atom stereocenters. The Morgan fingerprint density at radius 3 is 2.75 bits per heavy atom. The number of allylic oxidation sites excluding steroid dienone is 3. The van der Waals surface area contributed by atoms with Crippen LogP contribution in [0, 0.1) is 0 Å². The first-order chi connectivity index (χ1) is 7.63. The van der Waals surface area contributed by atoms with E-state index in [9.17, 15) is 0 Å². The van der Waals surface area contributed by atoms with E-state index in [0.29, 0.717) is 0 Å². The van der Waals surface area contributed by atoms with Crippen molar-refractivity contribution in [3.05, 3.63) is 48.5 Å². The van der Waals surface area contributed by atoms with Crippen LogP contribution in [0.1, 0.15) is 19.3 Å². The molecule has 0 heterocycles. The van der Waals surface area contributed by atoms with Crippen LogP contribution in [0.5, 0.6) is 0 Å². The Balaban J connectivity index is 2.42. The maximum atomic E-state index is 4.02. The third kappa shape index (κ3) is 3.85. The minimum absolute atomic E-state index is 0.747. The SMILES string of the molecule is C=C(CC(=C)N(C)NC1=CCCC=C1)NC. The van der Waals surface area contributed by atoms with Crippen molar-refractivity contribution in [3.8, 4) is 0 Å². The lowest BCUT2D eigenvalue weighted by Gasteiger charge is -2.25. The molecule has 0 radical (unpaired) electrons. The van der Waals surface area contributed by atoms with Crippen LogP contribution in [0.2, 0.25) is 0 Å². The second-order valence-electron chi connectivity index (χ2n) is 3.91. The van der Waals surface area contributed by atoms with Gasteiger partial charge in [-0.25, -0.2) is 0 Å². The van der Waals surface area contributed by atoms with E-state index in [1.807, 2.05) is 19.1 Å². The van der Waals surface area contributed by atoms with E-state index in [-0.39, 0.29) is 0 Å². The highest BCUT2D eigenvalue weighted by molar-refractivity contribution is 5.20. The molecule has 1 rings (SSSR count). The molecule has 16 heavy (non-hydrogen) atoms. The topological polar surface area (TPSA) is 27.3 Å². The summed E-state index contributed by atoms with van der Waals surface area (Å²) in [6, 6.07) is 0. The highest BCUT2D eigenvalue weighted by Gasteiger charge is 2.04. The summed E-state index contributed by atoms with van der Waals surface area (Å²) in [6.45, 7) is 7.91. The highest BCUT2D eigenvalue weighted by Crippen LogP contribution is 2.11. The summed E-state index contributed by atoms with van der Waals surface area (Å²) in [5.41, 5.74) is 6.37. The lowest BCUT2D eigenvalue weighted by atomic mass is 10.1. The molecule has 1 aliphatic carbocycles. The molecule has 0 aromatic heterocycles. The predicted molar refractivity (Wildman–Crippen MR) is 69.3 cm³/mol. The van der Waals surface area contributed by atoms with Gasteiger partial charge in [0.2, 0.25) is 0 Å². The molecular formula is C13H21N3. The van der Waals surface area contributed by atoms with Crippen molar-refractivity contribution < 1.29 is 0 Å². The van der Waals surface area contributed by atoms with E-state index in [1.54, 1.807) is 0 Å². The normalized spacial score (nSPS) is 14.0. The highest BCUT2D eigenvalue weighted by atomic mass is 15.5. The van der Waals surface area contributed by atoms with Crippen molar-refractivity contribution in [1.29, 1.82) is 0 Å². The van der Waals surface area contributed by atoms with Crippen LogP contribution in [-0.4, -0.2) is 19.1 Å². The minimum atomic E-state index is 0.747. The number of rotatable bonds is 6. The van der Waals surface area contributed by atoms with Gasteiger partial charge in [0.25, 0.3) is 0 Å². The molecule has 0 saturated carbocycles. The molecule has 0 fully saturated rings. The fraction of sp³-hybridized carbons (Fsp3) is 0.385. The monoisotopic (exact) mass is 219 g/mol. The average Bonchev–Trinajstić information content (AvgIpc) is 2.30. The van der Waals surface area contributed by atoms with Crippen molar-refractivity contribution >= 4 is 0 Å². The molecule has 0 aromatic carbocycles. The lowest BCUT2D eigenvalue weighted by Crippen LogP contribution is -2.33. The molecule has 0 spiro atoms. The standard InChI is InChI=1S/C13H21N3/c1-11(14-3)10-12(2)16(4)15-13-8-6-5-7-9-13/h6,8-9,14-15H,1-2,5,7,10H2,3-4H3. The largest absolute Gasteiger partial charge is 0.392 e. The van der Waals surface area contributed by atoms with Crippen molar-refractivity contribution in [3.63, 3.8) is 0 Å². The van der Waals surface area contributed by atoms with Crippen molar-refractivity contribution in [1.82, 2.24) is 15.8 Å². The molecule has 0 amide bonds. The number of nitrogens with one attached hydrogen (secondary N) is 2. The zero-order valence-corrected chi connectivity index (χ0v) is 10.2. The van der Waals surface area contributed by atoms with E-state index >= 15 is 0 Å². The summed E-state index contributed by atoms with van der Waals surface area (Å²) in [5.74, 6) is 0. The van der Waals surface area contributed by atoms with E-state index in [1.165, 1.54) is 0 Å². The number of hydrogen-bond donors (Lipinski definition) is 2. The molecule has 0 atom stereocenters. The van der Waals surface area contributed by atoms with Gasteiger partial charge in [-0.3, -0.25) is 10.4 Å². The second-order valence-corrected chi connectivity index (χ2v) is 3.91. The molecule has 3 heteroatoms. The Hall–Kier alpha value is -1.64. The van der Waals surface area contributed by atoms with Crippen LogP contribution >= 0.6 is 0 Å². The number of hydrazine groups is 1. The van der Waals surface area contributed by atoms with Crippen molar-refractivity contribution in [2.75, 3.05) is 14.1 Å². The van der Waals surface area contributed by atoms with E-state index in [0.717, 1.165) is 36.4 Å². The third-order valence-corrected chi connectivity index (χ3v) is 2.54. The van der Waals surface area contributed by atoms with Gasteiger partial charge in [-0.1, -0.05) is 25.3 Å². The van der Waals surface area contributed by atoms with E-state index in [4.69, 9.17) is 0 Å². The Kier molecular flexibility index (Phi) is 4.70. The minimum Gasteiger partial charge on any atom is -0.392 e. The molecule has 0 saturated heterocycles. The zero-order chi connectivity index (χ0) is 12.0. The van der Waals surface area contributed by atoms with Crippen molar-refractivity contribution in [2.24, 2.45) is 0 Å². The Morgan fingerprint density at radius 2 is 2.19 bits per heavy atom. The number of hydrogen-bond acceptors (Lipinski definition) is 3. The van der Waals surface area contributed by atoms with Crippen LogP contribution in [-0.2, 0) is 0 Å². The smallest absolute Gasteiger partial charge is 0.0498 e. The van der Waals surface area contributed by atoms with Crippen LogP contribution in [0.4, 0.5) is 0 Å². The average molecular weight is 219 g/mol. The van der Waals surface area contributed by atoms with Gasteiger partial charge in [0.05, 0.1) is 0 Å². The second kappa shape index (κ2) is 6.05. The summed E-state index contributed by atoms with van der Waals surface area (Å²) in [7, 11) is 3.84. The Labute approximate surface area is 98.2 Å². The molecule has 0 aromatic rings. The van der Waals surface area contributed by atoms with Gasteiger partial charge < -0.3 is 5.32 Å². The van der Waals surface area contributed by atoms with Crippen LogP contribution in [0.25, 0.3) is 0 Å². The zero-order valence-electron chi connectivity index (χ0n) is 10.2. The summed E-state index contributed by atoms with van der Waals surface area (Å²) in [5, 5.41) is 4.95. The van der Waals surface area contributed by atoms with Gasteiger partial charge in [0.15, 0.2) is 0 Å². The summed E-state index contributed by atoms with van der Waals surface area (Å²) in [4.78, 5) is 0. The maximum absolute atomic E-state index is 4.02. The first-order valence-electron chi connectivity index (χ1n) is 5.54. The Morgan fingerprint density at radius 1 is 1.44 bits per heavy atom. The first kappa shape index (κ1) is 12.4. The Bertz CT molecular complexity index is 326. The van der Waals surface area contributed by atoms with Gasteiger partial charge >= 0.3 is 0 Å². The fourth-order valence-corrected chi connectivity index (χ4v) is 1.42. The quantitative estimate of drug-likeness (QED) is 0.671. The molecule has 0 aliphatic heterocycles. The summed E-state index contributed by atoms with van der Waals surface area (Å²) >= 11 is 0. The molecular weight excluding hydrogens is 198 g/mol. The fourth-order valence-electron chi connectivity index (χ4n) is 1.42. The van der Waals surface area contributed by atoms with Gasteiger partial charge in [0.1, 0.15) is 0 Å². The van der Waals surface area contributed by atoms with Crippen LogP contribution in [0.15, 0.2) is 48.5 Å². The predicted octanol–water partition coefficient (Wildman–Crippen LogP) is 2.29. The van der Waals surface area contributed by atoms with Gasteiger partial charge in [-0.05, 0) is 18.9 Å². The van der Waals surface area contributed by atoms with Crippen LogP contribution < -0.4 is 10.7 Å². The molecule has 0 bridgehead atoms. The molecule has 2 N–H and O–H groups in total. The van der Waals surface area contributed by atoms with Gasteiger partial charge in [0, 0.05) is 37.6 Å². The summed E-state index contributed by atoms with van der Waals surface area (Å²) in [6.07, 6.45) is 9.44. The molecule has 88 valence electrons. The maximum Gasteiger partial charge on any atom is 0.0498 e. The third-order valence-electron chi connectivity index (χ3n) is 2.54. The van der Waals surface area contributed by atoms with Crippen molar-refractivity contribution in [2.45, 2.75) is 19.3 Å². The van der Waals surface area contributed by atoms with Crippen LogP contribution in [0.3, 0.4) is 0 Å². The van der Waals surface area contributed by atoms with E-state index in [2.05, 4.69) is 42.1 Å². The van der Waals surface area contributed by atoms with Gasteiger partial charge in [-0.15, -0.1) is 0 Å². The molecule has 3 nitrogen and oxygen atoms in total. The summed E-state index contributed by atoms with van der Waals surface area (Å²) < 4.78 is 0. The molecule has 1 aliphatic rings. The lowest BCUT2D eigenvalue weighted by molar-refractivity contribution is 0.334. The van der Waals surface area contributed by atoms with Gasteiger partial charge in [-0.2, -0.15) is 0 Å².